The van der Waals surface area contributed by atoms with E-state index in [1.54, 1.807) is 0 Å². The Bertz CT molecular complexity index is 1370. The van der Waals surface area contributed by atoms with Gasteiger partial charge in [-0.25, -0.2) is 4.79 Å². The third-order valence-corrected chi connectivity index (χ3v) is 6.04. The van der Waals surface area contributed by atoms with Crippen molar-refractivity contribution in [1.82, 2.24) is 0 Å². The molecule has 4 aromatic rings. The van der Waals surface area contributed by atoms with Gasteiger partial charge in [-0.1, -0.05) is 48.5 Å². The molecule has 0 fully saturated rings. The van der Waals surface area contributed by atoms with E-state index in [0.29, 0.717) is 30.7 Å². The minimum absolute atomic E-state index is 0.474. The molecule has 0 aromatic heterocycles. The van der Waals surface area contributed by atoms with E-state index in [4.69, 9.17) is 43.1 Å². The van der Waals surface area contributed by atoms with Gasteiger partial charge < -0.3 is 19.9 Å². The number of hydrogen-bond acceptors (Lipinski definition) is 5. The molecule has 0 saturated heterocycles. The van der Waals surface area contributed by atoms with Crippen LogP contribution in [0, 0.1) is 0 Å². The Balaban J connectivity index is 0.000000230. The molecule has 0 unspecified atom stereocenters. The Hall–Kier alpha value is -3.35. The number of carbonyl (C=O) groups is 1. The van der Waals surface area contributed by atoms with Crippen LogP contribution in [-0.2, 0) is 4.74 Å². The zero-order valence-electron chi connectivity index (χ0n) is 22.6. The lowest BCUT2D eigenvalue weighted by atomic mass is 10.1. The highest BCUT2D eigenvalue weighted by Gasteiger charge is 2.17. The number of anilines is 2. The molecule has 0 atom stereocenters. The van der Waals surface area contributed by atoms with Gasteiger partial charge >= 0.3 is 6.09 Å². The number of nitrogens with two attached hydrogens (primary N) is 1. The van der Waals surface area contributed by atoms with Crippen LogP contribution in [0.4, 0.5) is 16.2 Å². The van der Waals surface area contributed by atoms with E-state index in [1.165, 1.54) is 0 Å². The summed E-state index contributed by atoms with van der Waals surface area (Å²) < 4.78 is 16.8. The monoisotopic (exact) mass is 570 g/mol. The maximum atomic E-state index is 12.0. The van der Waals surface area contributed by atoms with Crippen LogP contribution in [0.3, 0.4) is 0 Å². The number of halogens is 2. The van der Waals surface area contributed by atoms with Gasteiger partial charge in [0.1, 0.15) is 17.1 Å². The van der Waals surface area contributed by atoms with Crippen LogP contribution in [0.2, 0.25) is 0 Å². The number of nitrogens with one attached hydrogen (secondary N) is 1. The fourth-order valence-electron chi connectivity index (χ4n) is 3.81. The summed E-state index contributed by atoms with van der Waals surface area (Å²) in [5, 5.41) is 6.73. The molecule has 3 N–H and O–H groups in total. The minimum Gasteiger partial charge on any atom is -0.493 e. The summed E-state index contributed by atoms with van der Waals surface area (Å²) in [7, 11) is 0. The summed E-state index contributed by atoms with van der Waals surface area (Å²) in [5.74, 6) is 2.83. The number of fused-ring (bicyclic) bond motifs is 2. The number of rotatable bonds is 9. The Kier molecular flexibility index (Phi) is 11.4. The number of ether oxygens (including phenoxy) is 3. The van der Waals surface area contributed by atoms with E-state index < -0.39 is 11.7 Å². The molecular weight excluding hydrogens is 535 g/mol. The first kappa shape index (κ1) is 30.2. The largest absolute Gasteiger partial charge is 0.493 e. The van der Waals surface area contributed by atoms with Crippen LogP contribution in [0.5, 0.6) is 11.5 Å². The van der Waals surface area contributed by atoms with Crippen LogP contribution in [0.15, 0.2) is 72.8 Å². The van der Waals surface area contributed by atoms with Crippen molar-refractivity contribution in [1.29, 1.82) is 0 Å². The first-order valence-corrected chi connectivity index (χ1v) is 14.0. The first-order valence-electron chi connectivity index (χ1n) is 12.9. The van der Waals surface area contributed by atoms with Crippen molar-refractivity contribution in [2.24, 2.45) is 0 Å². The number of nitrogen functional groups attached to an aromatic ring is 1. The molecule has 4 rings (SSSR count). The van der Waals surface area contributed by atoms with Gasteiger partial charge in [-0.05, 0) is 57.9 Å². The lowest BCUT2D eigenvalue weighted by Gasteiger charge is -2.20. The Labute approximate surface area is 240 Å². The number of carbonyl (C=O) groups excluding carboxylic acids is 1. The molecule has 0 heterocycles. The van der Waals surface area contributed by atoms with Crippen molar-refractivity contribution in [3.05, 3.63) is 72.8 Å². The second-order valence-corrected chi connectivity index (χ2v) is 10.5. The first-order chi connectivity index (χ1) is 18.7. The van der Waals surface area contributed by atoms with E-state index in [1.807, 2.05) is 93.6 Å². The molecule has 39 heavy (non-hydrogen) atoms. The SMILES string of the molecule is CC(C)(C)OC(=O)Nc1ccc(OCCCCl)c2ccccc12.Nc1ccc(OCCCCl)c2ccccc12. The van der Waals surface area contributed by atoms with Gasteiger partial charge in [0.15, 0.2) is 0 Å². The smallest absolute Gasteiger partial charge is 0.412 e. The molecule has 1 amide bonds. The van der Waals surface area contributed by atoms with E-state index in [9.17, 15) is 4.79 Å². The van der Waals surface area contributed by atoms with Gasteiger partial charge in [0.25, 0.3) is 0 Å². The van der Waals surface area contributed by atoms with Crippen LogP contribution in [0.1, 0.15) is 33.6 Å². The second-order valence-electron chi connectivity index (χ2n) is 9.76. The van der Waals surface area contributed by atoms with Crippen molar-refractivity contribution < 1.29 is 19.0 Å². The molecule has 0 aliphatic carbocycles. The summed E-state index contributed by atoms with van der Waals surface area (Å²) in [6, 6.07) is 23.2. The van der Waals surface area contributed by atoms with Crippen LogP contribution in [-0.4, -0.2) is 36.7 Å². The average Bonchev–Trinajstić information content (AvgIpc) is 2.91. The summed E-state index contributed by atoms with van der Waals surface area (Å²) in [6.45, 7) is 6.69. The molecule has 6 nitrogen and oxygen atoms in total. The van der Waals surface area contributed by atoms with Crippen molar-refractivity contribution >= 4 is 62.2 Å². The predicted octanol–water partition coefficient (Wildman–Crippen LogP) is 8.62. The number of benzene rings is 4. The second kappa shape index (κ2) is 14.7. The summed E-state index contributed by atoms with van der Waals surface area (Å²) >= 11 is 11.3. The molecule has 8 heteroatoms. The fraction of sp³-hybridized carbons (Fsp3) is 0.323. The zero-order chi connectivity index (χ0) is 28.3. The van der Waals surface area contributed by atoms with Crippen LogP contribution >= 0.6 is 23.2 Å². The van der Waals surface area contributed by atoms with E-state index in [0.717, 1.165) is 51.6 Å². The number of alkyl halides is 2. The van der Waals surface area contributed by atoms with Gasteiger partial charge in [0.2, 0.25) is 0 Å². The lowest BCUT2D eigenvalue weighted by Crippen LogP contribution is -2.27. The Morgan fingerprint density at radius 2 is 1.23 bits per heavy atom. The summed E-state index contributed by atoms with van der Waals surface area (Å²) in [4.78, 5) is 12.0. The topological polar surface area (TPSA) is 82.8 Å². The number of amides is 1. The average molecular weight is 572 g/mol. The Morgan fingerprint density at radius 3 is 1.77 bits per heavy atom. The molecule has 208 valence electrons. The van der Waals surface area contributed by atoms with Crippen molar-refractivity contribution in [3.63, 3.8) is 0 Å². The molecule has 0 radical (unpaired) electrons. The highest BCUT2D eigenvalue weighted by Crippen LogP contribution is 2.32. The molecule has 0 spiro atoms. The molecular formula is C31H36Cl2N2O4. The van der Waals surface area contributed by atoms with Crippen molar-refractivity contribution in [2.75, 3.05) is 36.0 Å². The van der Waals surface area contributed by atoms with Gasteiger partial charge in [-0.3, -0.25) is 5.32 Å². The predicted molar refractivity (Wildman–Crippen MR) is 164 cm³/mol. The molecule has 4 aromatic carbocycles. The zero-order valence-corrected chi connectivity index (χ0v) is 24.1. The molecule has 0 aliphatic rings. The summed E-state index contributed by atoms with van der Waals surface area (Å²) in [6.07, 6.45) is 1.16. The molecule has 0 aliphatic heterocycles. The van der Waals surface area contributed by atoms with E-state index in [-0.39, 0.29) is 0 Å². The van der Waals surface area contributed by atoms with Crippen molar-refractivity contribution in [2.45, 2.75) is 39.2 Å². The molecule has 0 bridgehead atoms. The standard InChI is InChI=1S/C18H22ClNO3.C13H14ClNO/c1-18(2,3)23-17(21)20-15-9-10-16(22-12-6-11-19)14-8-5-4-7-13(14)15;14-8-3-9-16-13-7-6-12(15)10-4-1-2-5-11(10)13/h4-5,7-10H,6,11-12H2,1-3H3,(H,20,21);1-2,4-7H,3,8-9,15H2. The lowest BCUT2D eigenvalue weighted by molar-refractivity contribution is 0.0636. The van der Waals surface area contributed by atoms with Crippen LogP contribution < -0.4 is 20.5 Å². The van der Waals surface area contributed by atoms with Gasteiger partial charge in [-0.15, -0.1) is 23.2 Å². The minimum atomic E-state index is -0.537. The van der Waals surface area contributed by atoms with Crippen LogP contribution in [0.25, 0.3) is 21.5 Å². The normalized spacial score (nSPS) is 11.0. The third kappa shape index (κ3) is 9.12. The quantitative estimate of drug-likeness (QED) is 0.119. The summed E-state index contributed by atoms with van der Waals surface area (Å²) in [5.41, 5.74) is 6.84. The van der Waals surface area contributed by atoms with E-state index >= 15 is 0 Å². The third-order valence-electron chi connectivity index (χ3n) is 5.51. The maximum Gasteiger partial charge on any atom is 0.412 e. The van der Waals surface area contributed by atoms with Crippen molar-refractivity contribution in [3.8, 4) is 11.5 Å². The maximum absolute atomic E-state index is 12.0. The Morgan fingerprint density at radius 1 is 0.744 bits per heavy atom. The van der Waals surface area contributed by atoms with Gasteiger partial charge in [0, 0.05) is 39.0 Å². The van der Waals surface area contributed by atoms with Gasteiger partial charge in [0.05, 0.1) is 18.9 Å². The molecule has 0 saturated carbocycles. The highest BCUT2D eigenvalue weighted by molar-refractivity contribution is 6.18. The fourth-order valence-corrected chi connectivity index (χ4v) is 4.03. The van der Waals surface area contributed by atoms with Gasteiger partial charge in [-0.2, -0.15) is 0 Å². The van der Waals surface area contributed by atoms with E-state index in [2.05, 4.69) is 5.32 Å². The number of hydrogen-bond donors (Lipinski definition) is 2. The highest BCUT2D eigenvalue weighted by atomic mass is 35.5.